The van der Waals surface area contributed by atoms with Crippen molar-refractivity contribution in [1.29, 1.82) is 0 Å². The van der Waals surface area contributed by atoms with Gasteiger partial charge >= 0.3 is 11.9 Å². The normalized spacial score (nSPS) is 11.0. The van der Waals surface area contributed by atoms with Crippen LogP contribution in [-0.2, 0) is 4.74 Å². The van der Waals surface area contributed by atoms with Crippen LogP contribution in [0.3, 0.4) is 0 Å². The molecule has 2 aromatic carbocycles. The smallest absolute Gasteiger partial charge is 0.349 e. The van der Waals surface area contributed by atoms with Gasteiger partial charge < -0.3 is 18.4 Å². The number of ether oxygens (including phenoxy) is 2. The van der Waals surface area contributed by atoms with Crippen molar-refractivity contribution in [3.8, 4) is 17.0 Å². The van der Waals surface area contributed by atoms with Crippen LogP contribution >= 0.6 is 11.6 Å². The summed E-state index contributed by atoms with van der Waals surface area (Å²) in [4.78, 5) is 25.3. The van der Waals surface area contributed by atoms with Crippen molar-refractivity contribution >= 4 is 34.5 Å². The van der Waals surface area contributed by atoms with E-state index in [1.54, 1.807) is 63.2 Å². The topological polar surface area (TPSA) is 91.8 Å². The second-order valence-electron chi connectivity index (χ2n) is 6.74. The van der Waals surface area contributed by atoms with Gasteiger partial charge in [-0.05, 0) is 45.0 Å². The third-order valence-electron chi connectivity index (χ3n) is 4.72. The zero-order valence-electron chi connectivity index (χ0n) is 17.0. The van der Waals surface area contributed by atoms with Gasteiger partial charge in [0.1, 0.15) is 39.7 Å². The van der Waals surface area contributed by atoms with Crippen LogP contribution in [0.4, 0.5) is 0 Å². The maximum atomic E-state index is 13.0. The summed E-state index contributed by atoms with van der Waals surface area (Å²) < 4.78 is 21.5. The summed E-state index contributed by atoms with van der Waals surface area (Å²) in [5.41, 5.74) is 1.80. The number of fused-ring (bicyclic) bond motifs is 1. The molecule has 0 aliphatic heterocycles. The molecular formula is C23H18ClNO6. The molecule has 0 aliphatic carbocycles. The number of carbonyl (C=O) groups excluding carboxylic acids is 2. The summed E-state index contributed by atoms with van der Waals surface area (Å²) in [5.74, 6) is -0.209. The Morgan fingerprint density at radius 1 is 1.03 bits per heavy atom. The fraction of sp³-hybridized carbons (Fsp3) is 0.174. The summed E-state index contributed by atoms with van der Waals surface area (Å²) in [6.07, 6.45) is 0. The third-order valence-corrected chi connectivity index (χ3v) is 5.05. The van der Waals surface area contributed by atoms with Crippen LogP contribution in [0.2, 0.25) is 5.02 Å². The minimum absolute atomic E-state index is 0.169. The van der Waals surface area contributed by atoms with Crippen LogP contribution in [0.15, 0.2) is 51.4 Å². The molecule has 4 aromatic rings. The average molecular weight is 440 g/mol. The van der Waals surface area contributed by atoms with E-state index in [1.807, 2.05) is 0 Å². The Hall–Kier alpha value is -3.58. The molecule has 0 bridgehead atoms. The Labute approximate surface area is 182 Å². The fourth-order valence-electron chi connectivity index (χ4n) is 3.33. The van der Waals surface area contributed by atoms with Gasteiger partial charge in [-0.25, -0.2) is 9.59 Å². The van der Waals surface area contributed by atoms with E-state index in [2.05, 4.69) is 5.16 Å². The van der Waals surface area contributed by atoms with Crippen molar-refractivity contribution in [1.82, 2.24) is 5.16 Å². The summed E-state index contributed by atoms with van der Waals surface area (Å²) in [6, 6.07) is 11.8. The number of aryl methyl sites for hydroxylation is 2. The van der Waals surface area contributed by atoms with E-state index < -0.39 is 11.9 Å². The van der Waals surface area contributed by atoms with E-state index in [0.29, 0.717) is 44.3 Å². The van der Waals surface area contributed by atoms with Gasteiger partial charge in [0.2, 0.25) is 0 Å². The van der Waals surface area contributed by atoms with Gasteiger partial charge in [-0.2, -0.15) is 0 Å². The molecule has 0 fully saturated rings. The number of nitrogens with zero attached hydrogens (tertiary/aromatic N) is 1. The molecule has 0 aliphatic rings. The molecule has 0 atom stereocenters. The van der Waals surface area contributed by atoms with Gasteiger partial charge in [0.25, 0.3) is 0 Å². The number of hydrogen-bond acceptors (Lipinski definition) is 7. The zero-order chi connectivity index (χ0) is 22.1. The number of esters is 2. The Balaban J connectivity index is 1.70. The zero-order valence-corrected chi connectivity index (χ0v) is 17.8. The quantitative estimate of drug-likeness (QED) is 0.288. The van der Waals surface area contributed by atoms with Crippen molar-refractivity contribution in [2.45, 2.75) is 20.8 Å². The lowest BCUT2D eigenvalue weighted by molar-refractivity contribution is 0.0526. The molecule has 0 N–H and O–H groups in total. The average Bonchev–Trinajstić information content (AvgIpc) is 3.27. The van der Waals surface area contributed by atoms with Crippen LogP contribution in [0, 0.1) is 13.8 Å². The predicted octanol–water partition coefficient (Wildman–Crippen LogP) is 5.75. The van der Waals surface area contributed by atoms with Crippen LogP contribution in [0.1, 0.15) is 39.2 Å². The summed E-state index contributed by atoms with van der Waals surface area (Å²) in [5, 5.41) is 4.91. The number of aromatic nitrogens is 1. The summed E-state index contributed by atoms with van der Waals surface area (Å²) in [7, 11) is 0. The molecule has 0 spiro atoms. The molecule has 158 valence electrons. The molecule has 7 nitrogen and oxygen atoms in total. The lowest BCUT2D eigenvalue weighted by Crippen LogP contribution is -2.10. The molecular weight excluding hydrogens is 422 g/mol. The highest BCUT2D eigenvalue weighted by Gasteiger charge is 2.26. The van der Waals surface area contributed by atoms with Gasteiger partial charge in [0, 0.05) is 10.9 Å². The highest BCUT2D eigenvalue weighted by Crippen LogP contribution is 2.33. The Morgan fingerprint density at radius 3 is 2.55 bits per heavy atom. The summed E-state index contributed by atoms with van der Waals surface area (Å²) in [6.45, 7) is 5.25. The molecule has 0 saturated heterocycles. The first-order valence-electron chi connectivity index (χ1n) is 9.54. The second kappa shape index (κ2) is 8.28. The molecule has 0 radical (unpaired) electrons. The Kier molecular flexibility index (Phi) is 5.52. The first-order valence-corrected chi connectivity index (χ1v) is 9.92. The number of halogens is 1. The number of benzene rings is 2. The Bertz CT molecular complexity index is 1300. The minimum Gasteiger partial charge on any atom is -0.462 e. The van der Waals surface area contributed by atoms with Crippen LogP contribution in [0.25, 0.3) is 22.2 Å². The van der Waals surface area contributed by atoms with Crippen LogP contribution < -0.4 is 4.74 Å². The van der Waals surface area contributed by atoms with E-state index in [9.17, 15) is 9.59 Å². The van der Waals surface area contributed by atoms with E-state index >= 15 is 0 Å². The van der Waals surface area contributed by atoms with Crippen molar-refractivity contribution in [2.75, 3.05) is 6.61 Å². The molecule has 31 heavy (non-hydrogen) atoms. The lowest BCUT2D eigenvalue weighted by Gasteiger charge is -2.06. The largest absolute Gasteiger partial charge is 0.462 e. The first-order chi connectivity index (χ1) is 14.9. The molecule has 8 heteroatoms. The highest BCUT2D eigenvalue weighted by molar-refractivity contribution is 6.33. The number of hydrogen-bond donors (Lipinski definition) is 0. The highest BCUT2D eigenvalue weighted by atomic mass is 35.5. The fourth-order valence-corrected chi connectivity index (χ4v) is 3.55. The standard InChI is InChI=1S/C23H18ClNO6/c1-4-28-22(26)19-12(2)29-18-10-9-14(11-16(18)19)30-23(27)20-13(3)31-25-21(20)15-7-5-6-8-17(15)24/h5-11H,4H2,1-3H3. The molecule has 2 aromatic heterocycles. The summed E-state index contributed by atoms with van der Waals surface area (Å²) >= 11 is 6.26. The van der Waals surface area contributed by atoms with Gasteiger partial charge in [-0.1, -0.05) is 35.0 Å². The van der Waals surface area contributed by atoms with Gasteiger partial charge in [0.15, 0.2) is 0 Å². The van der Waals surface area contributed by atoms with E-state index in [0.717, 1.165) is 0 Å². The number of carbonyl (C=O) groups is 2. The van der Waals surface area contributed by atoms with Crippen LogP contribution in [-0.4, -0.2) is 23.7 Å². The molecule has 0 amide bonds. The van der Waals surface area contributed by atoms with Gasteiger partial charge in [-0.3, -0.25) is 0 Å². The van der Waals surface area contributed by atoms with Crippen LogP contribution in [0.5, 0.6) is 5.75 Å². The molecule has 0 unspecified atom stereocenters. The maximum absolute atomic E-state index is 13.0. The minimum atomic E-state index is -0.661. The SMILES string of the molecule is CCOC(=O)c1c(C)oc2ccc(OC(=O)c3c(-c4ccccc4Cl)noc3C)cc12. The lowest BCUT2D eigenvalue weighted by atomic mass is 10.1. The van der Waals surface area contributed by atoms with Gasteiger partial charge in [-0.15, -0.1) is 0 Å². The monoisotopic (exact) mass is 439 g/mol. The number of rotatable bonds is 5. The molecule has 2 heterocycles. The number of furan rings is 1. The van der Waals surface area contributed by atoms with Gasteiger partial charge in [0.05, 0.1) is 11.6 Å². The van der Waals surface area contributed by atoms with Crippen molar-refractivity contribution in [3.63, 3.8) is 0 Å². The van der Waals surface area contributed by atoms with E-state index in [1.165, 1.54) is 0 Å². The third kappa shape index (κ3) is 3.80. The molecule has 0 saturated carbocycles. The van der Waals surface area contributed by atoms with Crippen molar-refractivity contribution in [3.05, 3.63) is 70.1 Å². The Morgan fingerprint density at radius 2 is 1.81 bits per heavy atom. The van der Waals surface area contributed by atoms with Crippen molar-refractivity contribution in [2.24, 2.45) is 0 Å². The van der Waals surface area contributed by atoms with Crippen molar-refractivity contribution < 1.29 is 28.0 Å². The predicted molar refractivity (Wildman–Crippen MR) is 114 cm³/mol. The van der Waals surface area contributed by atoms with E-state index in [-0.39, 0.29) is 17.9 Å². The van der Waals surface area contributed by atoms with E-state index in [4.69, 9.17) is 30.0 Å². The first kappa shape index (κ1) is 20.7. The second-order valence-corrected chi connectivity index (χ2v) is 7.15. The maximum Gasteiger partial charge on any atom is 0.349 e. The molecule has 4 rings (SSSR count).